The van der Waals surface area contributed by atoms with E-state index in [0.29, 0.717) is 20.9 Å². The first-order valence-electron chi connectivity index (χ1n) is 6.62. The Kier molecular flexibility index (Phi) is 5.39. The van der Waals surface area contributed by atoms with Crippen LogP contribution in [0.1, 0.15) is 20.8 Å². The predicted molar refractivity (Wildman–Crippen MR) is 93.2 cm³/mol. The number of nitrogens with zero attached hydrogens (tertiary/aromatic N) is 1. The number of hydrogen-bond acceptors (Lipinski definition) is 5. The first-order chi connectivity index (χ1) is 10.7. The average molecular weight is 373 g/mol. The van der Waals surface area contributed by atoms with Crippen molar-refractivity contribution in [3.05, 3.63) is 39.2 Å². The van der Waals surface area contributed by atoms with Crippen molar-refractivity contribution in [1.82, 2.24) is 5.32 Å². The van der Waals surface area contributed by atoms with E-state index in [-0.39, 0.29) is 4.91 Å². The Balaban J connectivity index is 2.20. The monoisotopic (exact) mass is 372 g/mol. The smallest absolute Gasteiger partial charge is 0.332 e. The number of amidine groups is 1. The molecule has 23 heavy (non-hydrogen) atoms. The number of para-hydroxylation sites is 1. The molecule has 122 valence electrons. The molecule has 1 amide bonds. The number of ether oxygens (including phenoxy) is 1. The topological polar surface area (TPSA) is 67.8 Å². The third kappa shape index (κ3) is 4.99. The van der Waals surface area contributed by atoms with Gasteiger partial charge in [-0.15, -0.1) is 0 Å². The van der Waals surface area contributed by atoms with Crippen LogP contribution in [0, 0.1) is 0 Å². The first kappa shape index (κ1) is 17.8. The number of thioether (sulfide) groups is 1. The van der Waals surface area contributed by atoms with E-state index in [9.17, 15) is 9.59 Å². The zero-order valence-electron chi connectivity index (χ0n) is 12.6. The van der Waals surface area contributed by atoms with Crippen LogP contribution in [0.25, 0.3) is 0 Å². The number of halogens is 2. The Hall–Kier alpha value is -1.50. The predicted octanol–water partition coefficient (Wildman–Crippen LogP) is 4.07. The largest absolute Gasteiger partial charge is 0.457 e. The highest BCUT2D eigenvalue weighted by Gasteiger charge is 2.26. The van der Waals surface area contributed by atoms with E-state index in [1.165, 1.54) is 0 Å². The lowest BCUT2D eigenvalue weighted by Gasteiger charge is -2.18. The maximum Gasteiger partial charge on any atom is 0.332 e. The van der Waals surface area contributed by atoms with Gasteiger partial charge >= 0.3 is 5.97 Å². The average Bonchev–Trinajstić information content (AvgIpc) is 2.72. The number of nitrogens with one attached hydrogen (secondary N) is 1. The number of amides is 1. The summed E-state index contributed by atoms with van der Waals surface area (Å²) in [6.07, 6.45) is 1.14. The second-order valence-corrected chi connectivity index (χ2v) is 7.43. The van der Waals surface area contributed by atoms with Crippen LogP contribution in [0.5, 0.6) is 0 Å². The number of carbonyl (C=O) groups excluding carboxylic acids is 2. The standard InChI is InChI=1S/C15H14Cl2N2O3S/c1-15(2,3)22-11(20)7-10-13(21)19-14(23-10)18-12-8(16)5-4-6-9(12)17/h4-7H,1-3H3,(H,18,19,21)/b10-7-. The summed E-state index contributed by atoms with van der Waals surface area (Å²) in [5.74, 6) is -1.02. The Morgan fingerprint density at radius 1 is 1.30 bits per heavy atom. The first-order valence-corrected chi connectivity index (χ1v) is 8.19. The molecule has 0 unspecified atom stereocenters. The van der Waals surface area contributed by atoms with Gasteiger partial charge < -0.3 is 10.1 Å². The number of benzene rings is 1. The Morgan fingerprint density at radius 2 is 1.91 bits per heavy atom. The van der Waals surface area contributed by atoms with Gasteiger partial charge in [-0.2, -0.15) is 0 Å². The molecule has 1 N–H and O–H groups in total. The Bertz CT molecular complexity index is 704. The highest BCUT2D eigenvalue weighted by atomic mass is 35.5. The molecule has 5 nitrogen and oxygen atoms in total. The van der Waals surface area contributed by atoms with Crippen molar-refractivity contribution in [3.63, 3.8) is 0 Å². The van der Waals surface area contributed by atoms with E-state index in [2.05, 4.69) is 10.3 Å². The van der Waals surface area contributed by atoms with E-state index in [4.69, 9.17) is 27.9 Å². The lowest BCUT2D eigenvalue weighted by atomic mass is 10.2. The third-order valence-corrected chi connectivity index (χ3v) is 3.98. The second kappa shape index (κ2) is 6.95. The second-order valence-electron chi connectivity index (χ2n) is 5.59. The summed E-state index contributed by atoms with van der Waals surface area (Å²) in [5, 5.41) is 3.58. The summed E-state index contributed by atoms with van der Waals surface area (Å²) in [4.78, 5) is 28.1. The number of aliphatic imine (C=N–C) groups is 1. The van der Waals surface area contributed by atoms with Gasteiger partial charge in [0.05, 0.1) is 15.0 Å². The van der Waals surface area contributed by atoms with Crippen molar-refractivity contribution in [2.45, 2.75) is 26.4 Å². The molecule has 1 aliphatic heterocycles. The van der Waals surface area contributed by atoms with E-state index >= 15 is 0 Å². The maximum atomic E-state index is 11.9. The minimum Gasteiger partial charge on any atom is -0.457 e. The van der Waals surface area contributed by atoms with Crippen LogP contribution in [0.15, 0.2) is 34.2 Å². The van der Waals surface area contributed by atoms with Crippen molar-refractivity contribution in [3.8, 4) is 0 Å². The van der Waals surface area contributed by atoms with Crippen molar-refractivity contribution < 1.29 is 14.3 Å². The summed E-state index contributed by atoms with van der Waals surface area (Å²) < 4.78 is 5.15. The van der Waals surface area contributed by atoms with Crippen LogP contribution in [0.4, 0.5) is 5.69 Å². The van der Waals surface area contributed by atoms with E-state index < -0.39 is 17.5 Å². The van der Waals surface area contributed by atoms with Gasteiger partial charge in [0, 0.05) is 6.08 Å². The summed E-state index contributed by atoms with van der Waals surface area (Å²) in [7, 11) is 0. The van der Waals surface area contributed by atoms with Crippen LogP contribution in [0.3, 0.4) is 0 Å². The fourth-order valence-corrected chi connectivity index (χ4v) is 2.89. The van der Waals surface area contributed by atoms with Gasteiger partial charge in [0.15, 0.2) is 5.17 Å². The minimum atomic E-state index is -0.629. The zero-order valence-corrected chi connectivity index (χ0v) is 15.0. The van der Waals surface area contributed by atoms with Gasteiger partial charge in [0.25, 0.3) is 5.91 Å². The van der Waals surface area contributed by atoms with Crippen molar-refractivity contribution in [2.75, 3.05) is 0 Å². The molecule has 2 rings (SSSR count). The quantitative estimate of drug-likeness (QED) is 0.627. The summed E-state index contributed by atoms with van der Waals surface area (Å²) >= 11 is 13.1. The highest BCUT2D eigenvalue weighted by Crippen LogP contribution is 2.35. The third-order valence-electron chi connectivity index (χ3n) is 2.46. The van der Waals surface area contributed by atoms with Gasteiger partial charge in [-0.1, -0.05) is 29.3 Å². The molecule has 1 heterocycles. The summed E-state index contributed by atoms with van der Waals surface area (Å²) in [6, 6.07) is 4.99. The Morgan fingerprint density at radius 3 is 2.48 bits per heavy atom. The number of hydrogen-bond donors (Lipinski definition) is 1. The van der Waals surface area contributed by atoms with Crippen LogP contribution in [0.2, 0.25) is 10.0 Å². The molecule has 1 aromatic carbocycles. The number of carbonyl (C=O) groups is 2. The molecule has 0 radical (unpaired) electrons. The van der Waals surface area contributed by atoms with Crippen molar-refractivity contribution >= 4 is 57.7 Å². The SMILES string of the molecule is CC(C)(C)OC(=O)/C=C1\SC(=Nc2c(Cl)cccc2Cl)NC1=O. The molecule has 0 saturated carbocycles. The van der Waals surface area contributed by atoms with Crippen molar-refractivity contribution in [2.24, 2.45) is 4.99 Å². The molecule has 0 bridgehead atoms. The van der Waals surface area contributed by atoms with E-state index in [1.54, 1.807) is 39.0 Å². The molecular weight excluding hydrogens is 359 g/mol. The van der Waals surface area contributed by atoms with Gasteiger partial charge in [-0.3, -0.25) is 4.79 Å². The lowest BCUT2D eigenvalue weighted by molar-refractivity contribution is -0.148. The molecule has 0 atom stereocenters. The van der Waals surface area contributed by atoms with Gasteiger partial charge in [-0.25, -0.2) is 9.79 Å². The normalized spacial score (nSPS) is 18.4. The van der Waals surface area contributed by atoms with Crippen LogP contribution in [-0.4, -0.2) is 22.6 Å². The molecule has 1 aliphatic rings. The highest BCUT2D eigenvalue weighted by molar-refractivity contribution is 8.18. The fourth-order valence-electron chi connectivity index (χ4n) is 1.62. The molecule has 1 fully saturated rings. The summed E-state index contributed by atoms with van der Waals surface area (Å²) in [5.41, 5.74) is -0.271. The molecular formula is C15H14Cl2N2O3S. The molecule has 0 aromatic heterocycles. The van der Waals surface area contributed by atoms with Crippen LogP contribution in [-0.2, 0) is 14.3 Å². The molecule has 0 spiro atoms. The summed E-state index contributed by atoms with van der Waals surface area (Å²) in [6.45, 7) is 5.24. The van der Waals surface area contributed by atoms with Crippen LogP contribution < -0.4 is 5.32 Å². The molecule has 1 saturated heterocycles. The molecule has 8 heteroatoms. The number of rotatable bonds is 2. The molecule has 0 aliphatic carbocycles. The van der Waals surface area contributed by atoms with Gasteiger partial charge in [0.2, 0.25) is 0 Å². The Labute approximate surface area is 148 Å². The fraction of sp³-hybridized carbons (Fsp3) is 0.267. The number of esters is 1. The van der Waals surface area contributed by atoms with Crippen LogP contribution >= 0.6 is 35.0 Å². The van der Waals surface area contributed by atoms with Gasteiger partial charge in [0.1, 0.15) is 11.3 Å². The van der Waals surface area contributed by atoms with E-state index in [0.717, 1.165) is 17.8 Å². The van der Waals surface area contributed by atoms with E-state index in [1.807, 2.05) is 0 Å². The van der Waals surface area contributed by atoms with Crippen molar-refractivity contribution in [1.29, 1.82) is 0 Å². The zero-order chi connectivity index (χ0) is 17.2. The minimum absolute atomic E-state index is 0.196. The lowest BCUT2D eigenvalue weighted by Crippen LogP contribution is -2.23. The van der Waals surface area contributed by atoms with Gasteiger partial charge in [-0.05, 0) is 44.7 Å². The maximum absolute atomic E-state index is 11.9. The molecule has 1 aromatic rings.